The second kappa shape index (κ2) is 4.13. The number of rotatable bonds is 2. The van der Waals surface area contributed by atoms with Crippen LogP contribution >= 0.6 is 0 Å². The fraction of sp³-hybridized carbons (Fsp3) is 0.538. The van der Waals surface area contributed by atoms with Crippen molar-refractivity contribution in [2.75, 3.05) is 0 Å². The first-order valence-corrected chi connectivity index (χ1v) is 5.31. The van der Waals surface area contributed by atoms with Gasteiger partial charge in [-0.2, -0.15) is 0 Å². The van der Waals surface area contributed by atoms with Crippen molar-refractivity contribution in [2.45, 2.75) is 46.1 Å². The predicted molar refractivity (Wildman–Crippen MR) is 62.6 cm³/mol. The van der Waals surface area contributed by atoms with E-state index in [0.717, 1.165) is 11.3 Å². The van der Waals surface area contributed by atoms with Crippen molar-refractivity contribution in [2.24, 2.45) is 0 Å². The lowest BCUT2D eigenvalue weighted by atomic mass is 10.0. The monoisotopic (exact) mass is 208 g/mol. The van der Waals surface area contributed by atoms with Crippen LogP contribution in [-0.4, -0.2) is 10.7 Å². The molecule has 0 amide bonds. The molecule has 0 fully saturated rings. The normalized spacial score (nSPS) is 11.9. The fourth-order valence-electron chi connectivity index (χ4n) is 1.41. The van der Waals surface area contributed by atoms with E-state index in [-0.39, 0.29) is 5.60 Å². The molecule has 2 heteroatoms. The second-order valence-corrected chi connectivity index (χ2v) is 5.09. The molecule has 1 aromatic carbocycles. The summed E-state index contributed by atoms with van der Waals surface area (Å²) in [7, 11) is 0. The molecule has 0 aromatic heterocycles. The maximum atomic E-state index is 9.65. The lowest BCUT2D eigenvalue weighted by Crippen LogP contribution is -2.22. The highest BCUT2D eigenvalue weighted by Crippen LogP contribution is 2.30. The van der Waals surface area contributed by atoms with E-state index in [9.17, 15) is 5.11 Å². The average Bonchev–Trinajstić information content (AvgIpc) is 2.05. The van der Waals surface area contributed by atoms with E-state index >= 15 is 0 Å². The van der Waals surface area contributed by atoms with Gasteiger partial charge in [0, 0.05) is 5.56 Å². The Morgan fingerprint density at radius 3 is 2.27 bits per heavy atom. The van der Waals surface area contributed by atoms with Crippen LogP contribution in [-0.2, 0) is 0 Å². The van der Waals surface area contributed by atoms with E-state index in [4.69, 9.17) is 4.74 Å². The summed E-state index contributed by atoms with van der Waals surface area (Å²) in [6.07, 6.45) is 0. The van der Waals surface area contributed by atoms with Gasteiger partial charge >= 0.3 is 0 Å². The van der Waals surface area contributed by atoms with Crippen molar-refractivity contribution in [3.05, 3.63) is 23.8 Å². The SMILES string of the molecule is CC(C)c1cc(OC(C)(C)C)ccc1O. The third-order valence-corrected chi connectivity index (χ3v) is 2.05. The summed E-state index contributed by atoms with van der Waals surface area (Å²) in [5, 5.41) is 9.65. The zero-order valence-corrected chi connectivity index (χ0v) is 10.2. The Morgan fingerprint density at radius 1 is 1.20 bits per heavy atom. The van der Waals surface area contributed by atoms with Gasteiger partial charge < -0.3 is 9.84 Å². The topological polar surface area (TPSA) is 29.5 Å². The molecule has 0 aliphatic rings. The Bertz CT molecular complexity index is 335. The Hall–Kier alpha value is -1.18. The van der Waals surface area contributed by atoms with Gasteiger partial charge in [-0.05, 0) is 44.9 Å². The van der Waals surface area contributed by atoms with Crippen LogP contribution in [0.4, 0.5) is 0 Å². The molecule has 1 N–H and O–H groups in total. The van der Waals surface area contributed by atoms with Crippen LogP contribution < -0.4 is 4.74 Å². The summed E-state index contributed by atoms with van der Waals surface area (Å²) < 4.78 is 5.74. The fourth-order valence-corrected chi connectivity index (χ4v) is 1.41. The van der Waals surface area contributed by atoms with Crippen LogP contribution in [0.1, 0.15) is 46.1 Å². The zero-order valence-electron chi connectivity index (χ0n) is 10.2. The Morgan fingerprint density at radius 2 is 1.80 bits per heavy atom. The molecular formula is C13H20O2. The Balaban J connectivity index is 2.98. The molecule has 2 nitrogen and oxygen atoms in total. The van der Waals surface area contributed by atoms with Crippen LogP contribution in [0.2, 0.25) is 0 Å². The first-order chi connectivity index (χ1) is 6.79. The number of phenols is 1. The Labute approximate surface area is 91.9 Å². The lowest BCUT2D eigenvalue weighted by molar-refractivity contribution is 0.130. The van der Waals surface area contributed by atoms with Gasteiger partial charge in [0.25, 0.3) is 0 Å². The van der Waals surface area contributed by atoms with Gasteiger partial charge in [0.2, 0.25) is 0 Å². The van der Waals surface area contributed by atoms with Crippen molar-refractivity contribution in [1.29, 1.82) is 0 Å². The van der Waals surface area contributed by atoms with Crippen LogP contribution in [0.25, 0.3) is 0 Å². The standard InChI is InChI=1S/C13H20O2/c1-9(2)11-8-10(6-7-12(11)14)15-13(3,4)5/h6-9,14H,1-5H3. The molecule has 84 valence electrons. The maximum absolute atomic E-state index is 9.65. The van der Waals surface area contributed by atoms with Gasteiger partial charge in [0.15, 0.2) is 0 Å². The van der Waals surface area contributed by atoms with E-state index in [1.165, 1.54) is 0 Å². The highest BCUT2D eigenvalue weighted by atomic mass is 16.5. The summed E-state index contributed by atoms with van der Waals surface area (Å²) in [5.41, 5.74) is 0.724. The molecule has 1 rings (SSSR count). The third kappa shape index (κ3) is 3.46. The van der Waals surface area contributed by atoms with E-state index in [1.54, 1.807) is 12.1 Å². The second-order valence-electron chi connectivity index (χ2n) is 5.09. The molecular weight excluding hydrogens is 188 g/mol. The molecule has 0 radical (unpaired) electrons. The predicted octanol–water partition coefficient (Wildman–Crippen LogP) is 3.69. The van der Waals surface area contributed by atoms with Gasteiger partial charge in [-0.15, -0.1) is 0 Å². The van der Waals surface area contributed by atoms with Crippen LogP contribution in [0.3, 0.4) is 0 Å². The summed E-state index contributed by atoms with van der Waals surface area (Å²) >= 11 is 0. The van der Waals surface area contributed by atoms with Crippen molar-refractivity contribution in [1.82, 2.24) is 0 Å². The molecule has 1 aromatic rings. The largest absolute Gasteiger partial charge is 0.508 e. The zero-order chi connectivity index (χ0) is 11.6. The molecule has 0 saturated carbocycles. The van der Waals surface area contributed by atoms with Crippen LogP contribution in [0.15, 0.2) is 18.2 Å². The summed E-state index contributed by atoms with van der Waals surface area (Å²) in [6.45, 7) is 10.1. The number of benzene rings is 1. The van der Waals surface area contributed by atoms with Crippen molar-refractivity contribution < 1.29 is 9.84 Å². The lowest BCUT2D eigenvalue weighted by Gasteiger charge is -2.22. The van der Waals surface area contributed by atoms with E-state index in [0.29, 0.717) is 11.7 Å². The quantitative estimate of drug-likeness (QED) is 0.803. The van der Waals surface area contributed by atoms with Crippen molar-refractivity contribution >= 4 is 0 Å². The number of aromatic hydroxyl groups is 1. The van der Waals surface area contributed by atoms with E-state index in [1.807, 2.05) is 26.8 Å². The minimum absolute atomic E-state index is 0.203. The molecule has 15 heavy (non-hydrogen) atoms. The van der Waals surface area contributed by atoms with Crippen molar-refractivity contribution in [3.63, 3.8) is 0 Å². The van der Waals surface area contributed by atoms with Gasteiger partial charge in [-0.25, -0.2) is 0 Å². The van der Waals surface area contributed by atoms with E-state index in [2.05, 4.69) is 13.8 Å². The number of hydrogen-bond acceptors (Lipinski definition) is 2. The molecule has 0 atom stereocenters. The average molecular weight is 208 g/mol. The van der Waals surface area contributed by atoms with Crippen LogP contribution in [0, 0.1) is 0 Å². The maximum Gasteiger partial charge on any atom is 0.120 e. The summed E-state index contributed by atoms with van der Waals surface area (Å²) in [5.74, 6) is 1.45. The molecule has 0 spiro atoms. The Kier molecular flexibility index (Phi) is 3.28. The van der Waals surface area contributed by atoms with Gasteiger partial charge in [0.05, 0.1) is 0 Å². The third-order valence-electron chi connectivity index (χ3n) is 2.05. The van der Waals surface area contributed by atoms with Crippen molar-refractivity contribution in [3.8, 4) is 11.5 Å². The number of phenolic OH excluding ortho intramolecular Hbond substituents is 1. The highest BCUT2D eigenvalue weighted by Gasteiger charge is 2.14. The molecule has 0 saturated heterocycles. The van der Waals surface area contributed by atoms with Crippen LogP contribution in [0.5, 0.6) is 11.5 Å². The van der Waals surface area contributed by atoms with Gasteiger partial charge in [0.1, 0.15) is 17.1 Å². The molecule has 0 bridgehead atoms. The van der Waals surface area contributed by atoms with Gasteiger partial charge in [-0.1, -0.05) is 13.8 Å². The summed E-state index contributed by atoms with van der Waals surface area (Å²) in [6, 6.07) is 5.40. The molecule has 0 unspecified atom stereocenters. The number of hydrogen-bond donors (Lipinski definition) is 1. The minimum atomic E-state index is -0.203. The highest BCUT2D eigenvalue weighted by molar-refractivity contribution is 5.41. The minimum Gasteiger partial charge on any atom is -0.508 e. The molecule has 0 aliphatic heterocycles. The smallest absolute Gasteiger partial charge is 0.120 e. The first-order valence-electron chi connectivity index (χ1n) is 5.31. The number of ether oxygens (including phenoxy) is 1. The molecule has 0 heterocycles. The van der Waals surface area contributed by atoms with Gasteiger partial charge in [-0.3, -0.25) is 0 Å². The molecule has 0 aliphatic carbocycles. The summed E-state index contributed by atoms with van der Waals surface area (Å²) in [4.78, 5) is 0. The van der Waals surface area contributed by atoms with E-state index < -0.39 is 0 Å². The first kappa shape index (κ1) is 11.9.